The molecule has 0 rings (SSSR count). The van der Waals surface area contributed by atoms with Crippen LogP contribution in [0.4, 0.5) is 0 Å². The Balaban J connectivity index is 3.46. The average molecular weight is 302 g/mol. The summed E-state index contributed by atoms with van der Waals surface area (Å²) in [6, 6.07) is 0. The lowest BCUT2D eigenvalue weighted by molar-refractivity contribution is -0.137. The van der Waals surface area contributed by atoms with Crippen LogP contribution in [0.5, 0.6) is 0 Å². The number of allylic oxidation sites excluding steroid dienone is 10. The zero-order valence-corrected chi connectivity index (χ0v) is 13.8. The molecule has 0 spiro atoms. The Labute approximate surface area is 135 Å². The summed E-state index contributed by atoms with van der Waals surface area (Å²) in [7, 11) is 0. The van der Waals surface area contributed by atoms with Crippen LogP contribution in [0.3, 0.4) is 0 Å². The average Bonchev–Trinajstić information content (AvgIpc) is 2.50. The highest BCUT2D eigenvalue weighted by molar-refractivity contribution is 5.66. The van der Waals surface area contributed by atoms with Gasteiger partial charge in [0, 0.05) is 6.42 Å². The highest BCUT2D eigenvalue weighted by Gasteiger charge is 1.92. The van der Waals surface area contributed by atoms with Crippen LogP contribution in [0.25, 0.3) is 0 Å². The van der Waals surface area contributed by atoms with Crippen LogP contribution in [0.1, 0.15) is 58.3 Å². The van der Waals surface area contributed by atoms with Crippen molar-refractivity contribution in [3.05, 3.63) is 60.8 Å². The highest BCUT2D eigenvalue weighted by atomic mass is 16.4. The SMILES string of the molecule is CC/C=C\C/C=C\C/C=C/C/C=C\C/C=C\CCCC(=O)O. The van der Waals surface area contributed by atoms with E-state index in [4.69, 9.17) is 5.11 Å². The third kappa shape index (κ3) is 18.2. The Morgan fingerprint density at radius 1 is 0.727 bits per heavy atom. The molecule has 0 aliphatic carbocycles. The molecule has 2 heteroatoms. The molecule has 0 amide bonds. The number of carboxylic acids is 1. The molecule has 0 bridgehead atoms. The quantitative estimate of drug-likeness (QED) is 0.335. The van der Waals surface area contributed by atoms with Gasteiger partial charge in [-0.1, -0.05) is 67.7 Å². The van der Waals surface area contributed by atoms with E-state index in [-0.39, 0.29) is 6.42 Å². The summed E-state index contributed by atoms with van der Waals surface area (Å²) in [6.45, 7) is 2.14. The number of unbranched alkanes of at least 4 members (excludes halogenated alkanes) is 1. The standard InChI is InChI=1S/C20H30O2/c1-2-3-4-5-6-7-8-9-10-11-12-13-14-15-16-17-18-19-20(21)22/h3-4,6-7,9-10,12-13,15-16H,2,5,8,11,14,17-19H2,1H3,(H,21,22)/b4-3-,7-6-,10-9+,13-12-,16-15-. The predicted octanol–water partition coefficient (Wildman–Crippen LogP) is 5.99. The minimum absolute atomic E-state index is 0.258. The first-order valence-electron chi connectivity index (χ1n) is 8.24. The van der Waals surface area contributed by atoms with Crippen molar-refractivity contribution < 1.29 is 9.90 Å². The Kier molecular flexibility index (Phi) is 15.8. The molecule has 0 fully saturated rings. The van der Waals surface area contributed by atoms with Gasteiger partial charge in [-0.2, -0.15) is 0 Å². The van der Waals surface area contributed by atoms with Crippen molar-refractivity contribution >= 4 is 5.97 Å². The topological polar surface area (TPSA) is 37.3 Å². The van der Waals surface area contributed by atoms with Gasteiger partial charge < -0.3 is 5.11 Å². The minimum atomic E-state index is -0.715. The van der Waals surface area contributed by atoms with Gasteiger partial charge in [0.25, 0.3) is 0 Å². The van der Waals surface area contributed by atoms with Crippen molar-refractivity contribution in [1.29, 1.82) is 0 Å². The second-order valence-corrected chi connectivity index (χ2v) is 4.99. The molecule has 0 aromatic heterocycles. The van der Waals surface area contributed by atoms with Gasteiger partial charge in [-0.05, 0) is 44.9 Å². The van der Waals surface area contributed by atoms with Gasteiger partial charge in [0.15, 0.2) is 0 Å². The maximum absolute atomic E-state index is 10.3. The third-order valence-electron chi connectivity index (χ3n) is 2.92. The van der Waals surface area contributed by atoms with Gasteiger partial charge in [0.1, 0.15) is 0 Å². The molecule has 0 atom stereocenters. The summed E-state index contributed by atoms with van der Waals surface area (Å²) in [4.78, 5) is 10.3. The van der Waals surface area contributed by atoms with Crippen LogP contribution in [0, 0.1) is 0 Å². The second kappa shape index (κ2) is 17.2. The van der Waals surface area contributed by atoms with E-state index in [1.54, 1.807) is 0 Å². The Morgan fingerprint density at radius 2 is 1.14 bits per heavy atom. The van der Waals surface area contributed by atoms with Crippen molar-refractivity contribution in [1.82, 2.24) is 0 Å². The number of hydrogen-bond donors (Lipinski definition) is 1. The van der Waals surface area contributed by atoms with E-state index in [1.165, 1.54) is 0 Å². The number of rotatable bonds is 13. The molecule has 2 nitrogen and oxygen atoms in total. The Bertz CT molecular complexity index is 398. The van der Waals surface area contributed by atoms with Gasteiger partial charge in [0.2, 0.25) is 0 Å². The molecular formula is C20H30O2. The maximum atomic E-state index is 10.3. The lowest BCUT2D eigenvalue weighted by atomic mass is 10.2. The first-order chi connectivity index (χ1) is 10.8. The van der Waals surface area contributed by atoms with Crippen molar-refractivity contribution in [2.75, 3.05) is 0 Å². The van der Waals surface area contributed by atoms with E-state index < -0.39 is 5.97 Å². The Hall–Kier alpha value is -1.83. The molecule has 22 heavy (non-hydrogen) atoms. The molecule has 0 radical (unpaired) electrons. The molecule has 0 saturated heterocycles. The molecule has 1 N–H and O–H groups in total. The van der Waals surface area contributed by atoms with Crippen LogP contribution in [-0.2, 0) is 4.79 Å². The van der Waals surface area contributed by atoms with Crippen molar-refractivity contribution in [2.45, 2.75) is 58.3 Å². The minimum Gasteiger partial charge on any atom is -0.481 e. The van der Waals surface area contributed by atoms with Crippen molar-refractivity contribution in [3.63, 3.8) is 0 Å². The third-order valence-corrected chi connectivity index (χ3v) is 2.92. The smallest absolute Gasteiger partial charge is 0.303 e. The van der Waals surface area contributed by atoms with Gasteiger partial charge in [-0.25, -0.2) is 0 Å². The van der Waals surface area contributed by atoms with Crippen LogP contribution < -0.4 is 0 Å². The number of aliphatic carboxylic acids is 1. The Morgan fingerprint density at radius 3 is 1.55 bits per heavy atom. The molecule has 0 unspecified atom stereocenters. The first-order valence-corrected chi connectivity index (χ1v) is 8.24. The fourth-order valence-corrected chi connectivity index (χ4v) is 1.74. The molecular weight excluding hydrogens is 272 g/mol. The van der Waals surface area contributed by atoms with Gasteiger partial charge >= 0.3 is 5.97 Å². The molecule has 0 saturated carbocycles. The maximum Gasteiger partial charge on any atom is 0.303 e. The zero-order chi connectivity index (χ0) is 16.3. The van der Waals surface area contributed by atoms with E-state index in [2.05, 4.69) is 67.7 Å². The lowest BCUT2D eigenvalue weighted by Gasteiger charge is -1.89. The predicted molar refractivity (Wildman–Crippen MR) is 95.9 cm³/mol. The van der Waals surface area contributed by atoms with Crippen LogP contribution in [0.15, 0.2) is 60.8 Å². The fraction of sp³-hybridized carbons (Fsp3) is 0.450. The number of hydrogen-bond acceptors (Lipinski definition) is 1. The van der Waals surface area contributed by atoms with Gasteiger partial charge in [0.05, 0.1) is 0 Å². The normalized spacial score (nSPS) is 12.8. The van der Waals surface area contributed by atoms with E-state index in [9.17, 15) is 4.79 Å². The molecule has 0 aliphatic rings. The van der Waals surface area contributed by atoms with Crippen LogP contribution >= 0.6 is 0 Å². The van der Waals surface area contributed by atoms with Crippen LogP contribution in [0.2, 0.25) is 0 Å². The molecule has 0 aromatic carbocycles. The molecule has 0 aliphatic heterocycles. The number of carboxylic acid groups (broad SMARTS) is 1. The number of carbonyl (C=O) groups is 1. The highest BCUT2D eigenvalue weighted by Crippen LogP contribution is 1.99. The van der Waals surface area contributed by atoms with Gasteiger partial charge in [-0.15, -0.1) is 0 Å². The largest absolute Gasteiger partial charge is 0.481 e. The first kappa shape index (κ1) is 20.2. The molecule has 0 heterocycles. The van der Waals surface area contributed by atoms with Crippen LogP contribution in [-0.4, -0.2) is 11.1 Å². The summed E-state index contributed by atoms with van der Waals surface area (Å²) in [5, 5.41) is 8.49. The summed E-state index contributed by atoms with van der Waals surface area (Å²) in [5.41, 5.74) is 0. The van der Waals surface area contributed by atoms with Crippen molar-refractivity contribution in [2.24, 2.45) is 0 Å². The monoisotopic (exact) mass is 302 g/mol. The van der Waals surface area contributed by atoms with E-state index >= 15 is 0 Å². The zero-order valence-electron chi connectivity index (χ0n) is 13.8. The fourth-order valence-electron chi connectivity index (χ4n) is 1.74. The molecule has 122 valence electrons. The summed E-state index contributed by atoms with van der Waals surface area (Å²) < 4.78 is 0. The van der Waals surface area contributed by atoms with Crippen molar-refractivity contribution in [3.8, 4) is 0 Å². The second-order valence-electron chi connectivity index (χ2n) is 4.99. The summed E-state index contributed by atoms with van der Waals surface area (Å²) >= 11 is 0. The van der Waals surface area contributed by atoms with Gasteiger partial charge in [-0.3, -0.25) is 4.79 Å². The summed E-state index contributed by atoms with van der Waals surface area (Å²) in [6.07, 6.45) is 28.4. The van der Waals surface area contributed by atoms with E-state index in [0.717, 1.165) is 44.9 Å². The van der Waals surface area contributed by atoms with E-state index in [1.807, 2.05) is 0 Å². The van der Waals surface area contributed by atoms with E-state index in [0.29, 0.717) is 0 Å². The summed E-state index contributed by atoms with van der Waals surface area (Å²) in [5.74, 6) is -0.715. The molecule has 0 aromatic rings. The lowest BCUT2D eigenvalue weighted by Crippen LogP contribution is -1.92.